The normalized spacial score (nSPS) is 17.5. The van der Waals surface area contributed by atoms with Crippen LogP contribution < -0.4 is 4.84 Å². The van der Waals surface area contributed by atoms with Gasteiger partial charge in [0.1, 0.15) is 13.2 Å². The van der Waals surface area contributed by atoms with Crippen molar-refractivity contribution in [1.29, 1.82) is 0 Å². The van der Waals surface area contributed by atoms with Gasteiger partial charge < -0.3 is 4.84 Å². The molecule has 1 aromatic heterocycles. The fraction of sp³-hybridized carbons (Fsp3) is 0.176. The molecule has 190 valence electrons. The van der Waals surface area contributed by atoms with Crippen molar-refractivity contribution >= 4 is 0 Å². The minimum Gasteiger partial charge on any atom is -0.417 e. The molecule has 4 aromatic carbocycles. The molecular weight excluding hydrogens is 468 g/mol. The first-order valence-electron chi connectivity index (χ1n) is 13.2. The quantitative estimate of drug-likeness (QED) is 0.244. The summed E-state index contributed by atoms with van der Waals surface area (Å²) in [5.41, 5.74) is 9.35. The third-order valence-electron chi connectivity index (χ3n) is 7.44. The van der Waals surface area contributed by atoms with E-state index < -0.39 is 0 Å². The van der Waals surface area contributed by atoms with Gasteiger partial charge in [0.15, 0.2) is 0 Å². The van der Waals surface area contributed by atoms with E-state index >= 15 is 0 Å². The van der Waals surface area contributed by atoms with E-state index in [1.165, 1.54) is 22.3 Å². The molecule has 0 unspecified atom stereocenters. The molecule has 0 spiro atoms. The van der Waals surface area contributed by atoms with E-state index in [0.717, 1.165) is 28.9 Å². The maximum Gasteiger partial charge on any atom is 0.108 e. The van der Waals surface area contributed by atoms with Gasteiger partial charge in [-0.1, -0.05) is 121 Å². The summed E-state index contributed by atoms with van der Waals surface area (Å²) in [6, 6.07) is 42.2. The zero-order valence-corrected chi connectivity index (χ0v) is 21.8. The number of rotatable bonds is 6. The van der Waals surface area contributed by atoms with Crippen molar-refractivity contribution in [2.45, 2.75) is 32.0 Å². The molecule has 0 bridgehead atoms. The summed E-state index contributed by atoms with van der Waals surface area (Å²) in [4.78, 5) is 13.1. The topological polar surface area (TPSA) is 26.6 Å². The summed E-state index contributed by atoms with van der Waals surface area (Å²) in [5.74, 6) is 0. The molecular formula is C34H32N2O2. The summed E-state index contributed by atoms with van der Waals surface area (Å²) >= 11 is 0. The van der Waals surface area contributed by atoms with Gasteiger partial charge in [-0.25, -0.2) is 0 Å². The fourth-order valence-corrected chi connectivity index (χ4v) is 5.68. The largest absolute Gasteiger partial charge is 0.417 e. The highest BCUT2D eigenvalue weighted by Crippen LogP contribution is 2.46. The van der Waals surface area contributed by atoms with Crippen molar-refractivity contribution in [2.75, 3.05) is 7.11 Å². The predicted molar refractivity (Wildman–Crippen MR) is 151 cm³/mol. The number of aromatic nitrogens is 1. The van der Waals surface area contributed by atoms with Crippen LogP contribution in [0.3, 0.4) is 0 Å². The second-order valence-electron chi connectivity index (χ2n) is 9.75. The lowest BCUT2D eigenvalue weighted by molar-refractivity contribution is -0.221. The highest BCUT2D eigenvalue weighted by molar-refractivity contribution is 5.69. The Morgan fingerprint density at radius 2 is 1.29 bits per heavy atom. The standard InChI is InChI=1S/C34H32N2O2/c1-25-30-23-31(27-17-9-4-10-18-27)38-35(24-26-15-7-3-8-16-26)33(28-19-11-5-12-20-28)32(30)34(36(25)37-2)29-21-13-6-14-22-29/h3-22,31,33H,23-24H2,1-2H3/t31-,33-/m1/s1. The Bertz CT molecular complexity index is 1480. The average molecular weight is 501 g/mol. The molecule has 4 heteroatoms. The fourth-order valence-electron chi connectivity index (χ4n) is 5.68. The summed E-state index contributed by atoms with van der Waals surface area (Å²) in [6.07, 6.45) is 0.609. The first-order chi connectivity index (χ1) is 18.7. The monoisotopic (exact) mass is 500 g/mol. The number of hydroxylamine groups is 2. The van der Waals surface area contributed by atoms with Crippen molar-refractivity contribution in [2.24, 2.45) is 0 Å². The van der Waals surface area contributed by atoms with Gasteiger partial charge >= 0.3 is 0 Å². The molecule has 0 amide bonds. The van der Waals surface area contributed by atoms with Crippen LogP contribution in [0.15, 0.2) is 121 Å². The summed E-state index contributed by atoms with van der Waals surface area (Å²) in [7, 11) is 1.75. The predicted octanol–water partition coefficient (Wildman–Crippen LogP) is 7.34. The Hall–Kier alpha value is -4.12. The molecule has 5 aromatic rings. The van der Waals surface area contributed by atoms with Crippen LogP contribution in [-0.4, -0.2) is 16.9 Å². The molecule has 1 aliphatic rings. The number of hydrogen-bond acceptors (Lipinski definition) is 3. The van der Waals surface area contributed by atoms with E-state index in [-0.39, 0.29) is 12.1 Å². The maximum atomic E-state index is 7.01. The van der Waals surface area contributed by atoms with Crippen LogP contribution in [0.5, 0.6) is 0 Å². The molecule has 2 atom stereocenters. The molecule has 0 saturated heterocycles. The number of nitrogens with zero attached hydrogens (tertiary/aromatic N) is 2. The van der Waals surface area contributed by atoms with Crippen molar-refractivity contribution in [3.63, 3.8) is 0 Å². The van der Waals surface area contributed by atoms with E-state index in [9.17, 15) is 0 Å². The third kappa shape index (κ3) is 4.53. The minimum absolute atomic E-state index is 0.134. The van der Waals surface area contributed by atoms with Crippen LogP contribution in [0.1, 0.15) is 45.7 Å². The summed E-state index contributed by atoms with van der Waals surface area (Å²) in [6.45, 7) is 2.81. The highest BCUT2D eigenvalue weighted by atomic mass is 16.7. The molecule has 0 radical (unpaired) electrons. The first-order valence-corrected chi connectivity index (χ1v) is 13.2. The van der Waals surface area contributed by atoms with Gasteiger partial charge in [0, 0.05) is 17.5 Å². The van der Waals surface area contributed by atoms with Crippen molar-refractivity contribution in [3.8, 4) is 11.3 Å². The Kier molecular flexibility index (Phi) is 6.82. The van der Waals surface area contributed by atoms with Crippen LogP contribution >= 0.6 is 0 Å². The van der Waals surface area contributed by atoms with Crippen LogP contribution in [0.2, 0.25) is 0 Å². The number of hydrogen-bond donors (Lipinski definition) is 0. The Morgan fingerprint density at radius 3 is 1.89 bits per heavy atom. The minimum atomic E-state index is -0.137. The van der Waals surface area contributed by atoms with Gasteiger partial charge in [-0.05, 0) is 29.2 Å². The lowest BCUT2D eigenvalue weighted by Gasteiger charge is -2.33. The molecule has 2 heterocycles. The van der Waals surface area contributed by atoms with E-state index in [1.807, 2.05) is 4.73 Å². The van der Waals surface area contributed by atoms with Crippen LogP contribution in [0, 0.1) is 6.92 Å². The van der Waals surface area contributed by atoms with Crippen molar-refractivity contribution in [1.82, 2.24) is 9.79 Å². The SMILES string of the molecule is COn1c(C)c2c(c1-c1ccccc1)[C@@H](c1ccccc1)N(Cc1ccccc1)O[C@@H](c1ccccc1)C2. The average Bonchev–Trinajstić information content (AvgIpc) is 3.14. The van der Waals surface area contributed by atoms with E-state index in [4.69, 9.17) is 9.68 Å². The molecule has 4 nitrogen and oxygen atoms in total. The molecule has 0 N–H and O–H groups in total. The highest BCUT2D eigenvalue weighted by Gasteiger charge is 2.38. The van der Waals surface area contributed by atoms with E-state index in [1.54, 1.807) is 7.11 Å². The van der Waals surface area contributed by atoms with E-state index in [2.05, 4.69) is 133 Å². The lowest BCUT2D eigenvalue weighted by Crippen LogP contribution is -2.30. The second kappa shape index (κ2) is 10.7. The van der Waals surface area contributed by atoms with Crippen molar-refractivity contribution < 1.29 is 9.68 Å². The Balaban J connectivity index is 1.62. The third-order valence-corrected chi connectivity index (χ3v) is 7.44. The molecule has 38 heavy (non-hydrogen) atoms. The first kappa shape index (κ1) is 24.2. The van der Waals surface area contributed by atoms with E-state index in [0.29, 0.717) is 6.54 Å². The van der Waals surface area contributed by atoms with Crippen LogP contribution in [-0.2, 0) is 17.8 Å². The lowest BCUT2D eigenvalue weighted by atomic mass is 9.89. The molecule has 0 aliphatic carbocycles. The summed E-state index contributed by atoms with van der Waals surface area (Å²) < 4.78 is 2.00. The number of benzene rings is 4. The summed E-state index contributed by atoms with van der Waals surface area (Å²) in [5, 5.41) is 2.18. The van der Waals surface area contributed by atoms with Gasteiger partial charge in [0.2, 0.25) is 0 Å². The number of fused-ring (bicyclic) bond motifs is 1. The zero-order chi connectivity index (χ0) is 25.9. The van der Waals surface area contributed by atoms with Crippen LogP contribution in [0.25, 0.3) is 11.3 Å². The van der Waals surface area contributed by atoms with Crippen LogP contribution in [0.4, 0.5) is 0 Å². The van der Waals surface area contributed by atoms with Crippen molar-refractivity contribution in [3.05, 3.63) is 155 Å². The molecule has 1 aliphatic heterocycles. The Labute approximate surface area is 224 Å². The molecule has 6 rings (SSSR count). The van der Waals surface area contributed by atoms with Gasteiger partial charge in [0.25, 0.3) is 0 Å². The zero-order valence-electron chi connectivity index (χ0n) is 21.8. The Morgan fingerprint density at radius 1 is 0.737 bits per heavy atom. The van der Waals surface area contributed by atoms with Gasteiger partial charge in [0.05, 0.1) is 24.0 Å². The maximum absolute atomic E-state index is 7.01. The molecule has 0 fully saturated rings. The van der Waals surface area contributed by atoms with Gasteiger partial charge in [-0.3, -0.25) is 4.84 Å². The smallest absolute Gasteiger partial charge is 0.108 e. The van der Waals surface area contributed by atoms with Gasteiger partial charge in [-0.15, -0.1) is 0 Å². The molecule has 0 saturated carbocycles. The second-order valence-corrected chi connectivity index (χ2v) is 9.75. The van der Waals surface area contributed by atoms with Gasteiger partial charge in [-0.2, -0.15) is 9.79 Å².